The van der Waals surface area contributed by atoms with Gasteiger partial charge in [0.15, 0.2) is 0 Å². The van der Waals surface area contributed by atoms with Crippen LogP contribution in [0.1, 0.15) is 128 Å². The first-order chi connectivity index (χ1) is 47.9. The van der Waals surface area contributed by atoms with Crippen LogP contribution in [0.2, 0.25) is 0 Å². The lowest BCUT2D eigenvalue weighted by molar-refractivity contribution is 0.591. The number of rotatable bonds is 4. The summed E-state index contributed by atoms with van der Waals surface area (Å²) in [6.45, 7) is 27.2. The first-order valence-corrected chi connectivity index (χ1v) is 37.0. The highest BCUT2D eigenvalue weighted by atomic mass is 32.1. The Kier molecular flexibility index (Phi) is 18.6. The summed E-state index contributed by atoms with van der Waals surface area (Å²) >= 11 is 7.45. The van der Waals surface area contributed by atoms with Crippen LogP contribution in [0.3, 0.4) is 0 Å². The topological polar surface area (TPSA) is 95.2 Å². The summed E-state index contributed by atoms with van der Waals surface area (Å²) in [5, 5.41) is 46.7. The molecule has 0 amide bonds. The monoisotopic (exact) mass is 1360 g/mol. The third-order valence-corrected chi connectivity index (χ3v) is 23.6. The van der Waals surface area contributed by atoms with Gasteiger partial charge in [0, 0.05) is 80.7 Å². The molecule has 4 heterocycles. The lowest BCUT2D eigenvalue weighted by Gasteiger charge is -2.20. The third kappa shape index (κ3) is 13.6. The first-order valence-electron chi connectivity index (χ1n) is 33.8. The van der Waals surface area contributed by atoms with Gasteiger partial charge in [0.2, 0.25) is 0 Å². The second-order valence-corrected chi connectivity index (χ2v) is 33.9. The molecule has 0 aliphatic heterocycles. The zero-order valence-corrected chi connectivity index (χ0v) is 61.8. The smallest absolute Gasteiger partial charge is 0.0991 e. The maximum absolute atomic E-state index is 9.02. The molecular formula is C92H76N4S4. The molecule has 0 saturated carbocycles. The fourth-order valence-electron chi connectivity index (χ4n) is 13.2. The highest BCUT2D eigenvalue weighted by Gasteiger charge is 2.24. The average molecular weight is 1370 g/mol. The summed E-state index contributed by atoms with van der Waals surface area (Å²) in [5.41, 5.74) is 18.4. The molecule has 0 aliphatic rings. The summed E-state index contributed by atoms with van der Waals surface area (Å²) in [4.78, 5) is 0. The van der Waals surface area contributed by atoms with E-state index < -0.39 is 0 Å². The predicted molar refractivity (Wildman–Crippen MR) is 433 cm³/mol. The number of hydrogen-bond acceptors (Lipinski definition) is 8. The maximum atomic E-state index is 9.02. The van der Waals surface area contributed by atoms with E-state index in [0.29, 0.717) is 22.3 Å². The Hall–Kier alpha value is -10.5. The Morgan fingerprint density at radius 2 is 0.570 bits per heavy atom. The van der Waals surface area contributed by atoms with Gasteiger partial charge in [-0.2, -0.15) is 21.0 Å². The van der Waals surface area contributed by atoms with E-state index in [2.05, 4.69) is 253 Å². The molecule has 0 aliphatic carbocycles. The van der Waals surface area contributed by atoms with Gasteiger partial charge in [-0.05, 0) is 161 Å². The number of thiophene rings is 4. The SMILES string of the molecule is CC(C)(C)c1ccc2c(c1)sc1c(-c3ccc(C#N)cc3)cccc12.CC(C)(C)c1ccc2sc3c(-c4ccc(C#N)cc4)cccc3c2c1.CC(C)(C)c1cccc2c1sc1c(-c3ccc(C#N)cc3)cccc12.CC(C)(C)c1cccc2sc3c(-c4ccc(C#N)cc4)cccc3c12. The van der Waals surface area contributed by atoms with Crippen LogP contribution < -0.4 is 0 Å². The van der Waals surface area contributed by atoms with Gasteiger partial charge in [-0.15, -0.1) is 45.3 Å². The highest BCUT2D eigenvalue weighted by Crippen LogP contribution is 2.48. The van der Waals surface area contributed by atoms with E-state index in [1.165, 1.54) is 125 Å². The predicted octanol–water partition coefficient (Wildman–Crippen LogP) is 27.6. The number of benzene rings is 12. The van der Waals surface area contributed by atoms with Crippen LogP contribution in [0.25, 0.3) is 125 Å². The largest absolute Gasteiger partial charge is 0.192 e. The molecule has 12 aromatic carbocycles. The normalized spacial score (nSPS) is 11.8. The fourth-order valence-corrected chi connectivity index (χ4v) is 18.5. The van der Waals surface area contributed by atoms with Crippen LogP contribution in [0.5, 0.6) is 0 Å². The molecule has 4 aromatic heterocycles. The van der Waals surface area contributed by atoms with Crippen molar-refractivity contribution in [1.29, 1.82) is 21.0 Å². The van der Waals surface area contributed by atoms with Gasteiger partial charge < -0.3 is 0 Å². The molecule has 0 spiro atoms. The Morgan fingerprint density at radius 1 is 0.240 bits per heavy atom. The number of nitriles is 4. The number of hydrogen-bond donors (Lipinski definition) is 0. The standard InChI is InChI=1S/4C23H19NS/c1-23(2,3)19-8-5-9-20-21(19)18-7-4-6-17(22(18)25-20)16-12-10-15(14-24)11-13-16;1-23(2,3)20-9-5-8-19-18-7-4-6-17(21(18)25-22(19)20)16-12-10-15(14-24)11-13-16;1-23(2,3)17-11-12-19-20-6-4-5-18(22(20)25-21(19)13-17)16-9-7-15(14-24)8-10-16;1-23(2,3)17-11-12-21-20(13-17)19-6-4-5-18(22(19)25-21)16-9-7-15(14-24)8-10-16/h4*4-13H,1-3H3. The first kappa shape index (κ1) is 68.0. The molecular weight excluding hydrogens is 1290 g/mol. The molecule has 0 N–H and O–H groups in total. The summed E-state index contributed by atoms with van der Waals surface area (Å²) in [6.07, 6.45) is 0. The van der Waals surface area contributed by atoms with Crippen molar-refractivity contribution in [2.24, 2.45) is 0 Å². The maximum Gasteiger partial charge on any atom is 0.0991 e. The summed E-state index contributed by atoms with van der Waals surface area (Å²) < 4.78 is 10.6. The molecule has 0 bridgehead atoms. The van der Waals surface area contributed by atoms with Crippen molar-refractivity contribution in [3.63, 3.8) is 0 Å². The molecule has 16 aromatic rings. The second kappa shape index (κ2) is 27.3. The van der Waals surface area contributed by atoms with Crippen LogP contribution in [0.4, 0.5) is 0 Å². The second-order valence-electron chi connectivity index (χ2n) is 29.7. The van der Waals surface area contributed by atoms with Gasteiger partial charge in [-0.3, -0.25) is 0 Å². The van der Waals surface area contributed by atoms with Crippen LogP contribution in [-0.2, 0) is 21.7 Å². The summed E-state index contributed by atoms with van der Waals surface area (Å²) in [6, 6.07) is 93.3. The Labute approximate surface area is 603 Å². The molecule has 4 nitrogen and oxygen atoms in total. The molecule has 0 unspecified atom stereocenters. The Bertz CT molecular complexity index is 5810. The van der Waals surface area contributed by atoms with Gasteiger partial charge >= 0.3 is 0 Å². The number of nitrogens with zero attached hydrogens (tertiary/aromatic N) is 4. The van der Waals surface area contributed by atoms with Crippen LogP contribution in [0, 0.1) is 45.3 Å². The van der Waals surface area contributed by atoms with Gasteiger partial charge in [0.05, 0.1) is 46.5 Å². The van der Waals surface area contributed by atoms with E-state index in [1.54, 1.807) is 0 Å². The molecule has 100 heavy (non-hydrogen) atoms. The lowest BCUT2D eigenvalue weighted by Crippen LogP contribution is -2.11. The average Bonchev–Trinajstić information content (AvgIpc) is 1.63. The van der Waals surface area contributed by atoms with Crippen LogP contribution in [-0.4, -0.2) is 0 Å². The molecule has 8 heteroatoms. The van der Waals surface area contributed by atoms with Crippen LogP contribution in [0.15, 0.2) is 243 Å². The van der Waals surface area contributed by atoms with Crippen molar-refractivity contribution in [1.82, 2.24) is 0 Å². The minimum Gasteiger partial charge on any atom is -0.192 e. The highest BCUT2D eigenvalue weighted by molar-refractivity contribution is 7.27. The van der Waals surface area contributed by atoms with E-state index in [4.69, 9.17) is 21.0 Å². The van der Waals surface area contributed by atoms with Crippen molar-refractivity contribution >= 4 is 126 Å². The quantitative estimate of drug-likeness (QED) is 0.175. The van der Waals surface area contributed by atoms with E-state index in [1.807, 2.05) is 142 Å². The minimum atomic E-state index is 0.109. The molecule has 0 fully saturated rings. The third-order valence-electron chi connectivity index (χ3n) is 18.7. The van der Waals surface area contributed by atoms with Crippen molar-refractivity contribution in [3.05, 3.63) is 287 Å². The van der Waals surface area contributed by atoms with E-state index in [0.717, 1.165) is 22.3 Å². The molecule has 0 radical (unpaired) electrons. The zero-order valence-electron chi connectivity index (χ0n) is 58.5. The van der Waals surface area contributed by atoms with Gasteiger partial charge in [0.25, 0.3) is 0 Å². The van der Waals surface area contributed by atoms with E-state index >= 15 is 0 Å². The van der Waals surface area contributed by atoms with Gasteiger partial charge in [-0.25, -0.2) is 0 Å². The van der Waals surface area contributed by atoms with E-state index in [-0.39, 0.29) is 21.7 Å². The van der Waals surface area contributed by atoms with Crippen molar-refractivity contribution < 1.29 is 0 Å². The van der Waals surface area contributed by atoms with Crippen molar-refractivity contribution in [3.8, 4) is 68.8 Å². The molecule has 16 rings (SSSR count). The number of fused-ring (bicyclic) bond motifs is 12. The molecule has 0 saturated heterocycles. The molecule has 0 atom stereocenters. The van der Waals surface area contributed by atoms with E-state index in [9.17, 15) is 0 Å². The lowest BCUT2D eigenvalue weighted by atomic mass is 9.84. The fraction of sp³-hybridized carbons (Fsp3) is 0.174. The van der Waals surface area contributed by atoms with Crippen molar-refractivity contribution in [2.45, 2.75) is 105 Å². The van der Waals surface area contributed by atoms with Gasteiger partial charge in [0.1, 0.15) is 0 Å². The zero-order chi connectivity index (χ0) is 70.4. The van der Waals surface area contributed by atoms with Crippen molar-refractivity contribution in [2.75, 3.05) is 0 Å². The Morgan fingerprint density at radius 3 is 1.00 bits per heavy atom. The molecule has 488 valence electrons. The Balaban J connectivity index is 0.000000119. The summed E-state index contributed by atoms with van der Waals surface area (Å²) in [7, 11) is 0. The van der Waals surface area contributed by atoms with Crippen LogP contribution >= 0.6 is 45.3 Å². The minimum absolute atomic E-state index is 0.109. The summed E-state index contributed by atoms with van der Waals surface area (Å²) in [5.74, 6) is 0. The van der Waals surface area contributed by atoms with Gasteiger partial charge in [-0.1, -0.05) is 253 Å².